The Morgan fingerprint density at radius 1 is 0.818 bits per heavy atom. The SMILES string of the molecule is C1COCCO1.C[NH+](C)C.[Cl-]. The molecule has 0 aromatic heterocycles. The molecule has 0 amide bonds. The van der Waals surface area contributed by atoms with Gasteiger partial charge in [0.05, 0.1) is 47.6 Å². The molecule has 0 atom stereocenters. The van der Waals surface area contributed by atoms with Crippen LogP contribution in [0.3, 0.4) is 0 Å². The van der Waals surface area contributed by atoms with Gasteiger partial charge in [0.15, 0.2) is 0 Å². The lowest BCUT2D eigenvalue weighted by molar-refractivity contribution is -0.836. The first-order valence-corrected chi connectivity index (χ1v) is 3.65. The van der Waals surface area contributed by atoms with E-state index in [1.165, 1.54) is 4.90 Å². The minimum atomic E-state index is 0. The molecule has 1 rings (SSSR count). The maximum absolute atomic E-state index is 4.94. The molecule has 0 aromatic carbocycles. The number of halogens is 1. The van der Waals surface area contributed by atoms with Crippen LogP contribution in [0.5, 0.6) is 0 Å². The molecule has 1 aliphatic rings. The quantitative estimate of drug-likeness (QED) is 0.412. The Kier molecular flexibility index (Phi) is 12.7. The highest BCUT2D eigenvalue weighted by Crippen LogP contribution is 1.85. The molecule has 1 heterocycles. The van der Waals surface area contributed by atoms with E-state index in [0.29, 0.717) is 0 Å². The van der Waals surface area contributed by atoms with Gasteiger partial charge in [-0.2, -0.15) is 0 Å². The highest BCUT2D eigenvalue weighted by atomic mass is 35.5. The molecule has 3 nitrogen and oxygen atoms in total. The average molecular weight is 184 g/mol. The van der Waals surface area contributed by atoms with Crippen molar-refractivity contribution in [3.63, 3.8) is 0 Å². The standard InChI is InChI=1S/C4H8O2.C3H9N.ClH/c1-2-6-4-3-5-1;1-4(2)3;/h1-4H2;1-3H3;1H. The Labute approximate surface area is 75.1 Å². The molecule has 0 saturated carbocycles. The second kappa shape index (κ2) is 10.2. The van der Waals surface area contributed by atoms with Gasteiger partial charge in [-0.25, -0.2) is 0 Å². The summed E-state index contributed by atoms with van der Waals surface area (Å²) in [4.78, 5) is 1.42. The molecular formula is C7H18ClNO2. The van der Waals surface area contributed by atoms with E-state index < -0.39 is 0 Å². The van der Waals surface area contributed by atoms with Gasteiger partial charge in [-0.1, -0.05) is 0 Å². The number of hydrogen-bond acceptors (Lipinski definition) is 2. The average Bonchev–Trinajstić information content (AvgIpc) is 1.90. The van der Waals surface area contributed by atoms with Gasteiger partial charge in [0.1, 0.15) is 0 Å². The van der Waals surface area contributed by atoms with Gasteiger partial charge in [0.2, 0.25) is 0 Å². The predicted molar refractivity (Wildman–Crippen MR) is 40.4 cm³/mol. The van der Waals surface area contributed by atoms with Gasteiger partial charge < -0.3 is 26.8 Å². The van der Waals surface area contributed by atoms with Crippen molar-refractivity contribution in [1.82, 2.24) is 0 Å². The number of quaternary nitrogens is 1. The molecule has 0 aromatic rings. The lowest BCUT2D eigenvalue weighted by Gasteiger charge is -2.09. The van der Waals surface area contributed by atoms with E-state index in [1.807, 2.05) is 0 Å². The summed E-state index contributed by atoms with van der Waals surface area (Å²) < 4.78 is 9.89. The molecular weight excluding hydrogens is 166 g/mol. The number of ether oxygens (including phenoxy) is 2. The van der Waals surface area contributed by atoms with Crippen LogP contribution in [0.25, 0.3) is 0 Å². The first-order chi connectivity index (χ1) is 4.73. The molecule has 1 saturated heterocycles. The first-order valence-electron chi connectivity index (χ1n) is 3.65. The maximum atomic E-state index is 4.94. The maximum Gasteiger partial charge on any atom is 0.0701 e. The second-order valence-corrected chi connectivity index (χ2v) is 2.72. The second-order valence-electron chi connectivity index (χ2n) is 2.72. The fourth-order valence-electron chi connectivity index (χ4n) is 0.440. The third kappa shape index (κ3) is 17.8. The Bertz CT molecular complexity index is 53.2. The number of nitrogens with one attached hydrogen (secondary N) is 1. The van der Waals surface area contributed by atoms with Crippen LogP contribution in [0.4, 0.5) is 0 Å². The zero-order chi connectivity index (χ0) is 7.82. The lowest BCUT2D eigenvalue weighted by atomic mass is 10.6. The van der Waals surface area contributed by atoms with Crippen molar-refractivity contribution in [1.29, 1.82) is 0 Å². The Hall–Kier alpha value is 0.170. The molecule has 70 valence electrons. The van der Waals surface area contributed by atoms with Crippen LogP contribution in [-0.4, -0.2) is 47.6 Å². The Morgan fingerprint density at radius 2 is 1.00 bits per heavy atom. The fraction of sp³-hybridized carbons (Fsp3) is 1.00. The molecule has 1 fully saturated rings. The van der Waals surface area contributed by atoms with Crippen LogP contribution in [0, 0.1) is 0 Å². The molecule has 0 bridgehead atoms. The fourth-order valence-corrected chi connectivity index (χ4v) is 0.440. The van der Waals surface area contributed by atoms with Gasteiger partial charge in [-0.15, -0.1) is 0 Å². The van der Waals surface area contributed by atoms with Gasteiger partial charge >= 0.3 is 0 Å². The highest BCUT2D eigenvalue weighted by molar-refractivity contribution is 4.37. The molecule has 0 unspecified atom stereocenters. The largest absolute Gasteiger partial charge is 1.00 e. The summed E-state index contributed by atoms with van der Waals surface area (Å²) in [6, 6.07) is 0. The van der Waals surface area contributed by atoms with Crippen molar-refractivity contribution in [2.24, 2.45) is 0 Å². The Balaban J connectivity index is 0. The van der Waals surface area contributed by atoms with Crippen molar-refractivity contribution in [3.8, 4) is 0 Å². The van der Waals surface area contributed by atoms with E-state index in [2.05, 4.69) is 21.1 Å². The van der Waals surface area contributed by atoms with E-state index >= 15 is 0 Å². The van der Waals surface area contributed by atoms with E-state index in [1.54, 1.807) is 0 Å². The minimum Gasteiger partial charge on any atom is -1.00 e. The van der Waals surface area contributed by atoms with Crippen molar-refractivity contribution >= 4 is 0 Å². The summed E-state index contributed by atoms with van der Waals surface area (Å²) in [5.74, 6) is 0. The van der Waals surface area contributed by atoms with Crippen molar-refractivity contribution in [3.05, 3.63) is 0 Å². The van der Waals surface area contributed by atoms with E-state index in [-0.39, 0.29) is 12.4 Å². The van der Waals surface area contributed by atoms with Crippen molar-refractivity contribution < 1.29 is 26.8 Å². The highest BCUT2D eigenvalue weighted by Gasteiger charge is 1.94. The molecule has 11 heavy (non-hydrogen) atoms. The Morgan fingerprint density at radius 3 is 1.09 bits per heavy atom. The predicted octanol–water partition coefficient (Wildman–Crippen LogP) is -4.20. The number of hydrogen-bond donors (Lipinski definition) is 1. The molecule has 1 aliphatic heterocycles. The lowest BCUT2D eigenvalue weighted by Crippen LogP contribution is -3.02. The summed E-state index contributed by atoms with van der Waals surface area (Å²) in [6.45, 7) is 3.11. The van der Waals surface area contributed by atoms with Crippen LogP contribution in [0.1, 0.15) is 0 Å². The summed E-state index contributed by atoms with van der Waals surface area (Å²) in [6.07, 6.45) is 0. The number of rotatable bonds is 0. The molecule has 0 spiro atoms. The zero-order valence-corrected chi connectivity index (χ0v) is 8.28. The molecule has 4 heteroatoms. The molecule has 0 radical (unpaired) electrons. The van der Waals surface area contributed by atoms with Gasteiger partial charge in [-0.3, -0.25) is 0 Å². The van der Waals surface area contributed by atoms with Crippen molar-refractivity contribution in [2.45, 2.75) is 0 Å². The first kappa shape index (κ1) is 13.7. The van der Waals surface area contributed by atoms with Gasteiger partial charge in [-0.05, 0) is 0 Å². The van der Waals surface area contributed by atoms with Crippen molar-refractivity contribution in [2.75, 3.05) is 47.6 Å². The summed E-state index contributed by atoms with van der Waals surface area (Å²) >= 11 is 0. The minimum absolute atomic E-state index is 0. The topological polar surface area (TPSA) is 22.9 Å². The summed E-state index contributed by atoms with van der Waals surface area (Å²) in [5.41, 5.74) is 0. The smallest absolute Gasteiger partial charge is 0.0701 e. The molecule has 1 N–H and O–H groups in total. The third-order valence-electron chi connectivity index (χ3n) is 0.744. The summed E-state index contributed by atoms with van der Waals surface area (Å²) in [7, 11) is 6.25. The van der Waals surface area contributed by atoms with Gasteiger partial charge in [0, 0.05) is 0 Å². The van der Waals surface area contributed by atoms with Crippen LogP contribution < -0.4 is 17.3 Å². The van der Waals surface area contributed by atoms with E-state index in [9.17, 15) is 0 Å². The molecule has 0 aliphatic carbocycles. The normalized spacial score (nSPS) is 16.4. The van der Waals surface area contributed by atoms with E-state index in [0.717, 1.165) is 26.4 Å². The van der Waals surface area contributed by atoms with Crippen LogP contribution >= 0.6 is 0 Å². The van der Waals surface area contributed by atoms with Gasteiger partial charge in [0.25, 0.3) is 0 Å². The van der Waals surface area contributed by atoms with E-state index in [4.69, 9.17) is 9.47 Å². The van der Waals surface area contributed by atoms with Crippen LogP contribution in [0.2, 0.25) is 0 Å². The third-order valence-corrected chi connectivity index (χ3v) is 0.744. The van der Waals surface area contributed by atoms with Crippen LogP contribution in [-0.2, 0) is 9.47 Å². The monoisotopic (exact) mass is 183 g/mol. The zero-order valence-electron chi connectivity index (χ0n) is 7.52. The van der Waals surface area contributed by atoms with Crippen LogP contribution in [0.15, 0.2) is 0 Å². The summed E-state index contributed by atoms with van der Waals surface area (Å²) in [5, 5.41) is 0.